The Hall–Kier alpha value is -1.58. The van der Waals surface area contributed by atoms with Crippen molar-refractivity contribution in [3.63, 3.8) is 0 Å². The van der Waals surface area contributed by atoms with Crippen molar-refractivity contribution in [1.82, 2.24) is 5.32 Å². The fourth-order valence-corrected chi connectivity index (χ4v) is 1.31. The molecule has 0 saturated heterocycles. The molecule has 0 aromatic carbocycles. The van der Waals surface area contributed by atoms with E-state index in [0.29, 0.717) is 0 Å². The van der Waals surface area contributed by atoms with E-state index in [1.165, 1.54) is 19.2 Å². The molecule has 0 atom stereocenters. The van der Waals surface area contributed by atoms with Gasteiger partial charge in [0.15, 0.2) is 0 Å². The molecule has 0 aromatic heterocycles. The third kappa shape index (κ3) is 2.22. The molecule has 0 aliphatic carbocycles. The van der Waals surface area contributed by atoms with Crippen LogP contribution in [-0.2, 0) is 9.59 Å². The maximum Gasteiger partial charge on any atom is 0.236 e. The third-order valence-corrected chi connectivity index (χ3v) is 2.12. The van der Waals surface area contributed by atoms with Gasteiger partial charge in [0, 0.05) is 7.05 Å². The number of primary amides is 1. The second kappa shape index (κ2) is 5.21. The third-order valence-electron chi connectivity index (χ3n) is 2.12. The van der Waals surface area contributed by atoms with E-state index in [9.17, 15) is 9.59 Å². The molecule has 0 fully saturated rings. The minimum absolute atomic E-state index is 0.216. The van der Waals surface area contributed by atoms with E-state index in [2.05, 4.69) is 18.5 Å². The van der Waals surface area contributed by atoms with Gasteiger partial charge in [0.25, 0.3) is 0 Å². The molecule has 2 amide bonds. The van der Waals surface area contributed by atoms with Crippen molar-refractivity contribution in [2.24, 2.45) is 11.1 Å². The molecule has 0 saturated carbocycles. The highest BCUT2D eigenvalue weighted by Gasteiger charge is 2.41. The average Bonchev–Trinajstić information content (AvgIpc) is 2.15. The predicted octanol–water partition coefficient (Wildman–Crippen LogP) is 0.356. The first-order chi connectivity index (χ1) is 6.55. The van der Waals surface area contributed by atoms with E-state index in [-0.39, 0.29) is 12.8 Å². The quantitative estimate of drug-likeness (QED) is 0.475. The lowest BCUT2D eigenvalue weighted by Crippen LogP contribution is -2.48. The molecular weight excluding hydrogens is 180 g/mol. The maximum absolute atomic E-state index is 11.5. The number of allylic oxidation sites excluding steroid dienone is 2. The van der Waals surface area contributed by atoms with Crippen molar-refractivity contribution in [3.05, 3.63) is 25.3 Å². The normalized spacial score (nSPS) is 10.4. The lowest BCUT2D eigenvalue weighted by Gasteiger charge is -2.25. The summed E-state index contributed by atoms with van der Waals surface area (Å²) in [5, 5.41) is 2.42. The Morgan fingerprint density at radius 2 is 1.79 bits per heavy atom. The molecule has 0 radical (unpaired) electrons. The van der Waals surface area contributed by atoms with Gasteiger partial charge in [-0.05, 0) is 12.8 Å². The molecule has 78 valence electrons. The summed E-state index contributed by atoms with van der Waals surface area (Å²) < 4.78 is 0. The summed E-state index contributed by atoms with van der Waals surface area (Å²) >= 11 is 0. The Labute approximate surface area is 83.9 Å². The zero-order valence-electron chi connectivity index (χ0n) is 8.38. The van der Waals surface area contributed by atoms with Crippen molar-refractivity contribution < 1.29 is 9.59 Å². The molecule has 0 unspecified atom stereocenters. The molecule has 3 N–H and O–H groups in total. The summed E-state index contributed by atoms with van der Waals surface area (Å²) in [7, 11) is 1.46. The molecule has 0 bridgehead atoms. The number of nitrogens with one attached hydrogen (secondary N) is 1. The van der Waals surface area contributed by atoms with E-state index in [1.807, 2.05) is 0 Å². The van der Waals surface area contributed by atoms with Gasteiger partial charge in [0.1, 0.15) is 5.41 Å². The molecular formula is C10H16N2O2. The Bertz CT molecular complexity index is 249. The van der Waals surface area contributed by atoms with Crippen LogP contribution in [0.5, 0.6) is 0 Å². The van der Waals surface area contributed by atoms with Gasteiger partial charge in [-0.1, -0.05) is 12.2 Å². The molecule has 4 nitrogen and oxygen atoms in total. The molecule has 14 heavy (non-hydrogen) atoms. The lowest BCUT2D eigenvalue weighted by molar-refractivity contribution is -0.141. The van der Waals surface area contributed by atoms with Crippen molar-refractivity contribution in [2.75, 3.05) is 7.05 Å². The standard InChI is InChI=1S/C10H16N2O2/c1-4-6-10(7-5-2,8(11)13)9(14)12-3/h4-5H,1-2,6-7H2,3H3,(H2,11,13)(H,12,14). The van der Waals surface area contributed by atoms with E-state index < -0.39 is 17.2 Å². The zero-order chi connectivity index (χ0) is 11.2. The number of hydrogen-bond donors (Lipinski definition) is 2. The minimum Gasteiger partial charge on any atom is -0.369 e. The lowest BCUT2D eigenvalue weighted by atomic mass is 9.79. The number of nitrogens with two attached hydrogens (primary N) is 1. The van der Waals surface area contributed by atoms with Gasteiger partial charge >= 0.3 is 0 Å². The molecule has 0 rings (SSSR count). The second-order valence-electron chi connectivity index (χ2n) is 3.01. The number of amides is 2. The van der Waals surface area contributed by atoms with E-state index >= 15 is 0 Å². The van der Waals surface area contributed by atoms with Gasteiger partial charge in [0.2, 0.25) is 11.8 Å². The molecule has 4 heteroatoms. The van der Waals surface area contributed by atoms with Gasteiger partial charge in [-0.15, -0.1) is 13.2 Å². The summed E-state index contributed by atoms with van der Waals surface area (Å²) in [6, 6.07) is 0. The monoisotopic (exact) mass is 196 g/mol. The Morgan fingerprint density at radius 1 is 1.36 bits per heavy atom. The molecule has 0 spiro atoms. The van der Waals surface area contributed by atoms with Crippen molar-refractivity contribution in [3.8, 4) is 0 Å². The van der Waals surface area contributed by atoms with Crippen LogP contribution in [0.25, 0.3) is 0 Å². The van der Waals surface area contributed by atoms with E-state index in [1.54, 1.807) is 0 Å². The smallest absolute Gasteiger partial charge is 0.236 e. The van der Waals surface area contributed by atoms with Crippen molar-refractivity contribution in [1.29, 1.82) is 0 Å². The first kappa shape index (κ1) is 12.4. The summed E-state index contributed by atoms with van der Waals surface area (Å²) in [6.07, 6.45) is 3.44. The fraction of sp³-hybridized carbons (Fsp3) is 0.400. The molecule has 0 heterocycles. The van der Waals surface area contributed by atoms with Crippen molar-refractivity contribution >= 4 is 11.8 Å². The largest absolute Gasteiger partial charge is 0.369 e. The van der Waals surface area contributed by atoms with E-state index in [0.717, 1.165) is 0 Å². The highest BCUT2D eigenvalue weighted by Crippen LogP contribution is 2.27. The highest BCUT2D eigenvalue weighted by atomic mass is 16.2. The number of rotatable bonds is 6. The number of carbonyl (C=O) groups excluding carboxylic acids is 2. The molecule has 0 aliphatic rings. The summed E-state index contributed by atoms with van der Waals surface area (Å²) in [5.74, 6) is -1.05. The van der Waals surface area contributed by atoms with Crippen LogP contribution in [0.1, 0.15) is 12.8 Å². The van der Waals surface area contributed by atoms with Crippen LogP contribution in [0.3, 0.4) is 0 Å². The average molecular weight is 196 g/mol. The molecule has 0 aromatic rings. The fourth-order valence-electron chi connectivity index (χ4n) is 1.31. The van der Waals surface area contributed by atoms with Crippen LogP contribution in [0, 0.1) is 5.41 Å². The number of carbonyl (C=O) groups is 2. The summed E-state index contributed by atoms with van der Waals surface area (Å²) in [6.45, 7) is 7.01. The SMILES string of the molecule is C=CCC(CC=C)(C(N)=O)C(=O)NC. The first-order valence-electron chi connectivity index (χ1n) is 4.29. The predicted molar refractivity (Wildman–Crippen MR) is 55.3 cm³/mol. The van der Waals surface area contributed by atoms with Crippen LogP contribution in [-0.4, -0.2) is 18.9 Å². The van der Waals surface area contributed by atoms with Crippen LogP contribution >= 0.6 is 0 Å². The summed E-state index contributed by atoms with van der Waals surface area (Å²) in [5.41, 5.74) is 3.99. The second-order valence-corrected chi connectivity index (χ2v) is 3.01. The van der Waals surface area contributed by atoms with Gasteiger partial charge in [-0.2, -0.15) is 0 Å². The van der Waals surface area contributed by atoms with E-state index in [4.69, 9.17) is 5.73 Å². The topological polar surface area (TPSA) is 72.2 Å². The maximum atomic E-state index is 11.5. The van der Waals surface area contributed by atoms with Crippen molar-refractivity contribution in [2.45, 2.75) is 12.8 Å². The van der Waals surface area contributed by atoms with Gasteiger partial charge in [-0.3, -0.25) is 9.59 Å². The van der Waals surface area contributed by atoms with Gasteiger partial charge < -0.3 is 11.1 Å². The van der Waals surface area contributed by atoms with Crippen LogP contribution < -0.4 is 11.1 Å². The Balaban J connectivity index is 5.11. The van der Waals surface area contributed by atoms with Gasteiger partial charge in [0.05, 0.1) is 0 Å². The summed E-state index contributed by atoms with van der Waals surface area (Å²) in [4.78, 5) is 22.8. The molecule has 0 aliphatic heterocycles. The van der Waals surface area contributed by atoms with Crippen LogP contribution in [0.4, 0.5) is 0 Å². The number of hydrogen-bond acceptors (Lipinski definition) is 2. The van der Waals surface area contributed by atoms with Crippen LogP contribution in [0.15, 0.2) is 25.3 Å². The van der Waals surface area contributed by atoms with Gasteiger partial charge in [-0.25, -0.2) is 0 Å². The zero-order valence-corrected chi connectivity index (χ0v) is 8.38. The van der Waals surface area contributed by atoms with Crippen LogP contribution in [0.2, 0.25) is 0 Å². The Morgan fingerprint density at radius 3 is 2.00 bits per heavy atom. The highest BCUT2D eigenvalue weighted by molar-refractivity contribution is 6.04. The Kier molecular flexibility index (Phi) is 4.63. The first-order valence-corrected chi connectivity index (χ1v) is 4.29. The minimum atomic E-state index is -1.24.